The number of rotatable bonds is 15. The number of hydrogen-bond donors (Lipinski definition) is 2. The first-order valence-corrected chi connectivity index (χ1v) is 12.8. The molecule has 0 amide bonds. The van der Waals surface area contributed by atoms with Crippen LogP contribution in [0.2, 0.25) is 0 Å². The summed E-state index contributed by atoms with van der Waals surface area (Å²) in [6.07, 6.45) is 2.03. The molecule has 0 aliphatic heterocycles. The van der Waals surface area contributed by atoms with Gasteiger partial charge >= 0.3 is 5.00 Å². The number of pyridine rings is 1. The van der Waals surface area contributed by atoms with Crippen LogP contribution in [0.25, 0.3) is 0 Å². The van der Waals surface area contributed by atoms with Crippen molar-refractivity contribution < 1.29 is 19.6 Å². The topological polar surface area (TPSA) is 110 Å². The first kappa shape index (κ1) is 27.0. The zero-order valence-corrected chi connectivity index (χ0v) is 21.1. The minimum absolute atomic E-state index is 0.0510. The van der Waals surface area contributed by atoms with Crippen molar-refractivity contribution in [1.29, 1.82) is 0 Å². The van der Waals surface area contributed by atoms with E-state index in [4.69, 9.17) is 37.9 Å². The van der Waals surface area contributed by atoms with E-state index in [-0.39, 0.29) is 18.2 Å². The largest absolute Gasteiger partial charge is 0.475 e. The van der Waals surface area contributed by atoms with Gasteiger partial charge in [0.1, 0.15) is 12.4 Å². The number of nitrogens with zero attached hydrogens (tertiary/aromatic N) is 3. The molecule has 0 spiro atoms. The summed E-state index contributed by atoms with van der Waals surface area (Å²) in [5, 5.41) is 22.2. The summed E-state index contributed by atoms with van der Waals surface area (Å²) in [7, 11) is 0. The molecule has 2 N–H and O–H groups in total. The van der Waals surface area contributed by atoms with Crippen LogP contribution in [-0.2, 0) is 6.42 Å². The first-order chi connectivity index (χ1) is 17.0. The molecule has 0 saturated carbocycles. The number of ether oxygens (including phenoxy) is 1. The summed E-state index contributed by atoms with van der Waals surface area (Å²) in [5.74, 6) is 1.92. The third-order valence-corrected chi connectivity index (χ3v) is 6.24. The van der Waals surface area contributed by atoms with Crippen molar-refractivity contribution in [3.8, 4) is 11.6 Å². The summed E-state index contributed by atoms with van der Waals surface area (Å²) in [5.41, 5.74) is 5.31. The predicted molar refractivity (Wildman–Crippen MR) is 138 cm³/mol. The Hall–Kier alpha value is -2.63. The second kappa shape index (κ2) is 14.1. The number of nitro groups is 1. The molecule has 1 aromatic carbocycles. The molecule has 0 aliphatic carbocycles. The molecule has 1 unspecified atom stereocenters. The van der Waals surface area contributed by atoms with Gasteiger partial charge in [-0.15, -0.1) is 28.7 Å². The molecule has 3 rings (SSSR count). The minimum atomic E-state index is -0.503. The van der Waals surface area contributed by atoms with Crippen LogP contribution in [0.1, 0.15) is 17.2 Å². The van der Waals surface area contributed by atoms with Crippen molar-refractivity contribution in [2.24, 2.45) is 0 Å². The van der Waals surface area contributed by atoms with E-state index < -0.39 is 11.0 Å². The van der Waals surface area contributed by atoms with Gasteiger partial charge in [-0.3, -0.25) is 10.1 Å². The number of alkyl halides is 2. The summed E-state index contributed by atoms with van der Waals surface area (Å²) < 4.78 is 5.29. The number of halogens is 2. The Bertz CT molecular complexity index is 1050. The molecule has 2 heterocycles. The lowest BCUT2D eigenvalue weighted by atomic mass is 10.0. The molecular formula is C23H26Cl2N4O5S. The van der Waals surface area contributed by atoms with Gasteiger partial charge in [-0.1, -0.05) is 17.4 Å². The summed E-state index contributed by atoms with van der Waals surface area (Å²) in [6, 6.07) is 12.2. The highest BCUT2D eigenvalue weighted by Crippen LogP contribution is 2.33. The number of nitrogens with one attached hydrogen (secondary N) is 1. The van der Waals surface area contributed by atoms with Crippen LogP contribution in [0.5, 0.6) is 11.6 Å². The molecule has 3 aromatic rings. The minimum Gasteiger partial charge on any atom is -0.475 e. The van der Waals surface area contributed by atoms with E-state index in [0.29, 0.717) is 48.5 Å². The van der Waals surface area contributed by atoms with Gasteiger partial charge < -0.3 is 19.6 Å². The van der Waals surface area contributed by atoms with Crippen molar-refractivity contribution in [2.45, 2.75) is 12.5 Å². The van der Waals surface area contributed by atoms with E-state index in [1.165, 1.54) is 0 Å². The number of anilines is 1. The van der Waals surface area contributed by atoms with Gasteiger partial charge in [0.2, 0.25) is 5.88 Å². The Labute approximate surface area is 217 Å². The number of aliphatic hydroxyl groups excluding tert-OH is 1. The van der Waals surface area contributed by atoms with Crippen LogP contribution in [0.15, 0.2) is 54.0 Å². The lowest BCUT2D eigenvalue weighted by molar-refractivity contribution is -0.381. The maximum absolute atomic E-state index is 11.5. The Kier molecular flexibility index (Phi) is 10.8. The Morgan fingerprint density at radius 2 is 1.89 bits per heavy atom. The smallest absolute Gasteiger partial charge is 0.328 e. The van der Waals surface area contributed by atoms with Gasteiger partial charge in [0.05, 0.1) is 23.1 Å². The van der Waals surface area contributed by atoms with Crippen molar-refractivity contribution in [2.75, 3.05) is 43.0 Å². The summed E-state index contributed by atoms with van der Waals surface area (Å²) >= 11 is 12.8. The van der Waals surface area contributed by atoms with Crippen molar-refractivity contribution in [3.05, 3.63) is 75.3 Å². The second-order valence-electron chi connectivity index (χ2n) is 7.35. The van der Waals surface area contributed by atoms with Gasteiger partial charge in [-0.05, 0) is 47.7 Å². The van der Waals surface area contributed by atoms with E-state index in [9.17, 15) is 10.1 Å². The molecule has 0 radical (unpaired) electrons. The van der Waals surface area contributed by atoms with E-state index in [1.54, 1.807) is 23.7 Å². The zero-order chi connectivity index (χ0) is 25.0. The number of hydrogen-bond acceptors (Lipinski definition) is 9. The summed E-state index contributed by atoms with van der Waals surface area (Å²) in [4.78, 5) is 23.3. The lowest BCUT2D eigenvalue weighted by Gasteiger charge is -2.23. The SMILES string of the molecule is O=[N+]([O-])c1sccc1C(Cc1ccc(OCCO)nc1)NOc1ccc(N(CCCl)CCCl)cc1. The average Bonchev–Trinajstić information content (AvgIpc) is 3.37. The van der Waals surface area contributed by atoms with E-state index in [1.807, 2.05) is 30.3 Å². The Balaban J connectivity index is 1.73. The van der Waals surface area contributed by atoms with Gasteiger partial charge in [0.25, 0.3) is 0 Å². The van der Waals surface area contributed by atoms with E-state index >= 15 is 0 Å². The standard InChI is InChI=1S/C23H26Cl2N4O5S/c24-8-10-28(11-9-25)18-2-4-19(5-3-18)34-27-21(20-7-14-35-23(20)29(31)32)15-17-1-6-22(26-16-17)33-13-12-30/h1-7,14,16,21,27,30H,8-13,15H2. The molecular weight excluding hydrogens is 515 g/mol. The van der Waals surface area contributed by atoms with Crippen LogP contribution in [0.4, 0.5) is 10.7 Å². The highest BCUT2D eigenvalue weighted by atomic mass is 35.5. The molecule has 188 valence electrons. The van der Waals surface area contributed by atoms with Crippen molar-refractivity contribution in [1.82, 2.24) is 10.5 Å². The zero-order valence-electron chi connectivity index (χ0n) is 18.8. The third-order valence-electron chi connectivity index (χ3n) is 5.02. The fourth-order valence-electron chi connectivity index (χ4n) is 3.38. The van der Waals surface area contributed by atoms with Gasteiger partial charge in [0.15, 0.2) is 0 Å². The Morgan fingerprint density at radius 1 is 1.14 bits per heavy atom. The predicted octanol–water partition coefficient (Wildman–Crippen LogP) is 4.57. The molecule has 12 heteroatoms. The van der Waals surface area contributed by atoms with Gasteiger partial charge in [-0.2, -0.15) is 0 Å². The van der Waals surface area contributed by atoms with Crippen molar-refractivity contribution in [3.63, 3.8) is 0 Å². The van der Waals surface area contributed by atoms with Gasteiger partial charge in [0, 0.05) is 42.8 Å². The van der Waals surface area contributed by atoms with Crippen LogP contribution in [0.3, 0.4) is 0 Å². The third kappa shape index (κ3) is 7.94. The van der Waals surface area contributed by atoms with Crippen LogP contribution < -0.4 is 20.0 Å². The van der Waals surface area contributed by atoms with Gasteiger partial charge in [-0.25, -0.2) is 4.98 Å². The monoisotopic (exact) mass is 540 g/mol. The highest BCUT2D eigenvalue weighted by Gasteiger charge is 2.25. The number of aromatic nitrogens is 1. The van der Waals surface area contributed by atoms with E-state index in [2.05, 4.69) is 15.4 Å². The fraction of sp³-hybridized carbons (Fsp3) is 0.348. The first-order valence-electron chi connectivity index (χ1n) is 10.9. The van der Waals surface area contributed by atoms with Crippen LogP contribution in [0, 0.1) is 10.1 Å². The lowest BCUT2D eigenvalue weighted by Crippen LogP contribution is -2.28. The average molecular weight is 541 g/mol. The van der Waals surface area contributed by atoms with Crippen LogP contribution in [-0.4, -0.2) is 53.1 Å². The molecule has 1 atom stereocenters. The normalized spacial score (nSPS) is 11.7. The molecule has 35 heavy (non-hydrogen) atoms. The molecule has 9 nitrogen and oxygen atoms in total. The number of thiophene rings is 1. The molecule has 0 saturated heterocycles. The number of benzene rings is 1. The fourth-order valence-corrected chi connectivity index (χ4v) is 4.57. The van der Waals surface area contributed by atoms with Crippen LogP contribution >= 0.6 is 34.5 Å². The summed E-state index contributed by atoms with van der Waals surface area (Å²) in [6.45, 7) is 1.40. The highest BCUT2D eigenvalue weighted by molar-refractivity contribution is 7.13. The quantitative estimate of drug-likeness (QED) is 0.164. The Morgan fingerprint density at radius 3 is 2.49 bits per heavy atom. The molecule has 0 aliphatic rings. The van der Waals surface area contributed by atoms with Crippen molar-refractivity contribution >= 4 is 45.2 Å². The number of aliphatic hydroxyl groups is 1. The molecule has 0 bridgehead atoms. The second-order valence-corrected chi connectivity index (χ2v) is 9.00. The van der Waals surface area contributed by atoms with E-state index in [0.717, 1.165) is 22.6 Å². The molecule has 0 fully saturated rings. The maximum Gasteiger partial charge on any atom is 0.328 e. The molecule has 2 aromatic heterocycles. The number of hydroxylamine groups is 1. The maximum atomic E-state index is 11.5.